The fourth-order valence-corrected chi connectivity index (χ4v) is 1.26. The van der Waals surface area contributed by atoms with Gasteiger partial charge in [0, 0.05) is 12.1 Å². The van der Waals surface area contributed by atoms with Crippen LogP contribution in [0.3, 0.4) is 0 Å². The number of carbonyl (C=O) groups excluding carboxylic acids is 1. The number of hydrogen-bond acceptors (Lipinski definition) is 6. The molecule has 0 atom stereocenters. The SMILES string of the molecule is CCOC(=O)c1nc(N)c(CN)cc1OC(F)(F)F. The monoisotopic (exact) mass is 279 g/mol. The van der Waals surface area contributed by atoms with E-state index in [0.29, 0.717) is 0 Å². The van der Waals surface area contributed by atoms with E-state index in [1.807, 2.05) is 0 Å². The van der Waals surface area contributed by atoms with Gasteiger partial charge in [0.2, 0.25) is 0 Å². The summed E-state index contributed by atoms with van der Waals surface area (Å²) in [6.07, 6.45) is -4.97. The molecule has 6 nitrogen and oxygen atoms in total. The minimum absolute atomic E-state index is 0.0233. The first-order chi connectivity index (χ1) is 8.78. The second-order valence-corrected chi connectivity index (χ2v) is 3.35. The summed E-state index contributed by atoms with van der Waals surface area (Å²) in [6, 6.07) is 0.919. The number of aromatic nitrogens is 1. The van der Waals surface area contributed by atoms with Crippen LogP contribution in [-0.4, -0.2) is 23.9 Å². The molecule has 106 valence electrons. The quantitative estimate of drug-likeness (QED) is 0.803. The summed E-state index contributed by atoms with van der Waals surface area (Å²) >= 11 is 0. The van der Waals surface area contributed by atoms with Crippen LogP contribution in [0.1, 0.15) is 23.0 Å². The highest BCUT2D eigenvalue weighted by Gasteiger charge is 2.34. The summed E-state index contributed by atoms with van der Waals surface area (Å²) < 4.78 is 45.0. The zero-order valence-electron chi connectivity index (χ0n) is 9.95. The molecule has 0 spiro atoms. The molecule has 0 saturated heterocycles. The zero-order valence-corrected chi connectivity index (χ0v) is 9.95. The molecule has 1 rings (SSSR count). The number of esters is 1. The number of hydrogen-bond donors (Lipinski definition) is 2. The Hall–Kier alpha value is -2.03. The number of carbonyl (C=O) groups is 1. The maximum Gasteiger partial charge on any atom is 0.573 e. The Morgan fingerprint density at radius 1 is 1.47 bits per heavy atom. The minimum Gasteiger partial charge on any atom is -0.461 e. The van der Waals surface area contributed by atoms with Crippen molar-refractivity contribution in [3.05, 3.63) is 17.3 Å². The molecular formula is C10H12F3N3O3. The smallest absolute Gasteiger partial charge is 0.461 e. The molecule has 1 aromatic heterocycles. The molecule has 0 aliphatic carbocycles. The normalized spacial score (nSPS) is 11.2. The van der Waals surface area contributed by atoms with E-state index in [-0.39, 0.29) is 24.5 Å². The summed E-state index contributed by atoms with van der Waals surface area (Å²) in [6.45, 7) is 1.33. The highest BCUT2D eigenvalue weighted by atomic mass is 19.4. The first kappa shape index (κ1) is 15.0. The van der Waals surface area contributed by atoms with E-state index in [4.69, 9.17) is 11.5 Å². The van der Waals surface area contributed by atoms with Crippen molar-refractivity contribution in [3.8, 4) is 5.75 Å². The third-order valence-corrected chi connectivity index (χ3v) is 2.01. The average molecular weight is 279 g/mol. The van der Waals surface area contributed by atoms with Crippen LogP contribution in [0.25, 0.3) is 0 Å². The minimum atomic E-state index is -4.97. The van der Waals surface area contributed by atoms with Gasteiger partial charge in [0.15, 0.2) is 11.4 Å². The van der Waals surface area contributed by atoms with Gasteiger partial charge in [-0.2, -0.15) is 0 Å². The lowest BCUT2D eigenvalue weighted by atomic mass is 10.2. The molecule has 0 radical (unpaired) electrons. The fraction of sp³-hybridized carbons (Fsp3) is 0.400. The first-order valence-corrected chi connectivity index (χ1v) is 5.20. The van der Waals surface area contributed by atoms with Crippen molar-refractivity contribution in [1.82, 2.24) is 4.98 Å². The second kappa shape index (κ2) is 5.74. The van der Waals surface area contributed by atoms with Gasteiger partial charge in [-0.05, 0) is 13.0 Å². The molecule has 0 unspecified atom stereocenters. The van der Waals surface area contributed by atoms with Crippen molar-refractivity contribution in [2.45, 2.75) is 19.8 Å². The highest BCUT2D eigenvalue weighted by Crippen LogP contribution is 2.28. The van der Waals surface area contributed by atoms with E-state index >= 15 is 0 Å². The van der Waals surface area contributed by atoms with Gasteiger partial charge in [0.25, 0.3) is 0 Å². The molecule has 1 heterocycles. The number of nitrogen functional groups attached to an aromatic ring is 1. The van der Waals surface area contributed by atoms with E-state index in [2.05, 4.69) is 14.5 Å². The summed E-state index contributed by atoms with van der Waals surface area (Å²) in [4.78, 5) is 15.0. The number of ether oxygens (including phenoxy) is 2. The van der Waals surface area contributed by atoms with Crippen molar-refractivity contribution >= 4 is 11.8 Å². The van der Waals surface area contributed by atoms with Crippen LogP contribution in [0.15, 0.2) is 6.07 Å². The topological polar surface area (TPSA) is 100 Å². The highest BCUT2D eigenvalue weighted by molar-refractivity contribution is 5.91. The molecule has 0 bridgehead atoms. The number of rotatable bonds is 4. The van der Waals surface area contributed by atoms with Crippen molar-refractivity contribution in [2.24, 2.45) is 5.73 Å². The van der Waals surface area contributed by atoms with Crippen molar-refractivity contribution < 1.29 is 27.4 Å². The largest absolute Gasteiger partial charge is 0.573 e. The second-order valence-electron chi connectivity index (χ2n) is 3.35. The van der Waals surface area contributed by atoms with Crippen molar-refractivity contribution in [1.29, 1.82) is 0 Å². The third-order valence-electron chi connectivity index (χ3n) is 2.01. The van der Waals surface area contributed by atoms with E-state index in [9.17, 15) is 18.0 Å². The summed E-state index contributed by atoms with van der Waals surface area (Å²) in [5, 5.41) is 0. The van der Waals surface area contributed by atoms with Gasteiger partial charge in [0.05, 0.1) is 6.61 Å². The first-order valence-electron chi connectivity index (χ1n) is 5.20. The molecule has 1 aromatic rings. The number of nitrogens with zero attached hydrogens (tertiary/aromatic N) is 1. The third kappa shape index (κ3) is 3.98. The lowest BCUT2D eigenvalue weighted by Gasteiger charge is -2.14. The number of nitrogens with two attached hydrogens (primary N) is 2. The van der Waals surface area contributed by atoms with Crippen molar-refractivity contribution in [3.63, 3.8) is 0 Å². The number of alkyl halides is 3. The molecular weight excluding hydrogens is 267 g/mol. The molecule has 0 fully saturated rings. The number of halogens is 3. The molecule has 0 aromatic carbocycles. The van der Waals surface area contributed by atoms with Gasteiger partial charge in [-0.15, -0.1) is 13.2 Å². The van der Waals surface area contributed by atoms with Crippen LogP contribution in [0, 0.1) is 0 Å². The maximum atomic E-state index is 12.2. The van der Waals surface area contributed by atoms with Crippen LogP contribution >= 0.6 is 0 Å². The summed E-state index contributed by atoms with van der Waals surface area (Å²) in [7, 11) is 0. The van der Waals surface area contributed by atoms with Crippen molar-refractivity contribution in [2.75, 3.05) is 12.3 Å². The Labute approximate surface area is 106 Å². The zero-order chi connectivity index (χ0) is 14.6. The van der Waals surface area contributed by atoms with Gasteiger partial charge < -0.3 is 20.9 Å². The van der Waals surface area contributed by atoms with E-state index in [1.165, 1.54) is 6.92 Å². The Kier molecular flexibility index (Phi) is 4.54. The number of anilines is 1. The molecule has 0 aliphatic rings. The van der Waals surface area contributed by atoms with Gasteiger partial charge in [-0.25, -0.2) is 9.78 Å². The van der Waals surface area contributed by atoms with E-state index < -0.39 is 23.8 Å². The molecule has 9 heteroatoms. The molecule has 0 aliphatic heterocycles. The fourth-order valence-electron chi connectivity index (χ4n) is 1.26. The number of pyridine rings is 1. The maximum absolute atomic E-state index is 12.2. The molecule has 4 N–H and O–H groups in total. The Bertz CT molecular complexity index is 477. The summed E-state index contributed by atoms with van der Waals surface area (Å²) in [5.74, 6) is -2.00. The summed E-state index contributed by atoms with van der Waals surface area (Å²) in [5.41, 5.74) is 10.2. The Morgan fingerprint density at radius 2 is 2.11 bits per heavy atom. The van der Waals surface area contributed by atoms with Crippen LogP contribution in [0.5, 0.6) is 5.75 Å². The molecule has 0 amide bonds. The average Bonchev–Trinajstić information content (AvgIpc) is 2.29. The van der Waals surface area contributed by atoms with Crippen LogP contribution in [-0.2, 0) is 11.3 Å². The van der Waals surface area contributed by atoms with Gasteiger partial charge in [-0.1, -0.05) is 0 Å². The predicted octanol–water partition coefficient (Wildman–Crippen LogP) is 1.20. The van der Waals surface area contributed by atoms with Gasteiger partial charge in [-0.3, -0.25) is 0 Å². The van der Waals surface area contributed by atoms with E-state index in [0.717, 1.165) is 6.07 Å². The molecule has 0 saturated carbocycles. The van der Waals surface area contributed by atoms with Crippen LogP contribution < -0.4 is 16.2 Å². The standard InChI is InChI=1S/C10H12F3N3O3/c1-2-18-9(17)7-6(19-10(11,12)13)3-5(4-14)8(15)16-7/h3H,2,4,14H2,1H3,(H2,15,16). The molecule has 19 heavy (non-hydrogen) atoms. The predicted molar refractivity (Wildman–Crippen MR) is 59.2 cm³/mol. The lowest BCUT2D eigenvalue weighted by Crippen LogP contribution is -2.21. The van der Waals surface area contributed by atoms with Crippen LogP contribution in [0.4, 0.5) is 19.0 Å². The Balaban J connectivity index is 3.26. The van der Waals surface area contributed by atoms with Gasteiger partial charge in [0.1, 0.15) is 5.82 Å². The van der Waals surface area contributed by atoms with E-state index in [1.54, 1.807) is 0 Å². The van der Waals surface area contributed by atoms with Crippen LogP contribution in [0.2, 0.25) is 0 Å². The lowest BCUT2D eigenvalue weighted by molar-refractivity contribution is -0.274. The Morgan fingerprint density at radius 3 is 2.58 bits per heavy atom. The van der Waals surface area contributed by atoms with Gasteiger partial charge >= 0.3 is 12.3 Å².